The Balaban J connectivity index is 3.01. The van der Waals surface area contributed by atoms with E-state index in [0.29, 0.717) is 12.2 Å². The summed E-state index contributed by atoms with van der Waals surface area (Å²) in [6.45, 7) is 6.44. The molecule has 104 valence electrons. The molecular weight excluding hydrogens is 240 g/mol. The van der Waals surface area contributed by atoms with Crippen LogP contribution in [0, 0.1) is 19.3 Å². The SMILES string of the molecule is CCCCNC(=O)N(C(=N)N)c1c(C)cccc1C. The van der Waals surface area contributed by atoms with Crippen LogP contribution in [0.25, 0.3) is 0 Å². The number of carbonyl (C=O) groups is 1. The lowest BCUT2D eigenvalue weighted by molar-refractivity contribution is 0.249. The molecule has 0 atom stereocenters. The fraction of sp³-hybridized carbons (Fsp3) is 0.429. The van der Waals surface area contributed by atoms with Gasteiger partial charge in [-0.1, -0.05) is 31.5 Å². The minimum absolute atomic E-state index is 0.272. The van der Waals surface area contributed by atoms with Gasteiger partial charge >= 0.3 is 6.03 Å². The summed E-state index contributed by atoms with van der Waals surface area (Å²) < 4.78 is 0. The van der Waals surface area contributed by atoms with E-state index in [1.807, 2.05) is 32.0 Å². The van der Waals surface area contributed by atoms with Crippen molar-refractivity contribution >= 4 is 17.7 Å². The Kier molecular flexibility index (Phi) is 5.36. The Morgan fingerprint density at radius 2 is 1.95 bits per heavy atom. The highest BCUT2D eigenvalue weighted by atomic mass is 16.2. The number of guanidine groups is 1. The lowest BCUT2D eigenvalue weighted by Crippen LogP contribution is -2.48. The van der Waals surface area contributed by atoms with E-state index in [1.54, 1.807) is 0 Å². The van der Waals surface area contributed by atoms with Crippen molar-refractivity contribution in [2.45, 2.75) is 33.6 Å². The molecule has 1 aromatic rings. The van der Waals surface area contributed by atoms with Gasteiger partial charge in [-0.05, 0) is 31.4 Å². The number of urea groups is 1. The molecule has 0 fully saturated rings. The van der Waals surface area contributed by atoms with E-state index >= 15 is 0 Å². The van der Waals surface area contributed by atoms with E-state index in [4.69, 9.17) is 11.1 Å². The summed E-state index contributed by atoms with van der Waals surface area (Å²) >= 11 is 0. The number of hydrogen-bond donors (Lipinski definition) is 3. The fourth-order valence-corrected chi connectivity index (χ4v) is 1.94. The molecular formula is C14H22N4O. The van der Waals surface area contributed by atoms with Crippen molar-refractivity contribution in [3.8, 4) is 0 Å². The average molecular weight is 262 g/mol. The largest absolute Gasteiger partial charge is 0.369 e. The predicted octanol–water partition coefficient (Wildman–Crippen LogP) is 2.51. The molecule has 2 amide bonds. The first-order chi connectivity index (χ1) is 8.99. The van der Waals surface area contributed by atoms with Gasteiger partial charge in [0.2, 0.25) is 5.96 Å². The smallest absolute Gasteiger partial charge is 0.328 e. The Morgan fingerprint density at radius 3 is 2.42 bits per heavy atom. The monoisotopic (exact) mass is 262 g/mol. The highest BCUT2D eigenvalue weighted by Crippen LogP contribution is 2.24. The average Bonchev–Trinajstić information content (AvgIpc) is 2.33. The molecule has 1 rings (SSSR count). The lowest BCUT2D eigenvalue weighted by atomic mass is 10.1. The summed E-state index contributed by atoms with van der Waals surface area (Å²) in [4.78, 5) is 13.4. The second kappa shape index (κ2) is 6.78. The first-order valence-electron chi connectivity index (χ1n) is 6.47. The molecule has 0 heterocycles. The first kappa shape index (κ1) is 15.0. The van der Waals surface area contributed by atoms with Crippen LogP contribution in [-0.2, 0) is 0 Å². The molecule has 19 heavy (non-hydrogen) atoms. The van der Waals surface area contributed by atoms with Gasteiger partial charge in [0.1, 0.15) is 0 Å². The lowest BCUT2D eigenvalue weighted by Gasteiger charge is -2.24. The summed E-state index contributed by atoms with van der Waals surface area (Å²) in [5.74, 6) is -0.272. The molecule has 5 nitrogen and oxygen atoms in total. The molecule has 0 aliphatic heterocycles. The summed E-state index contributed by atoms with van der Waals surface area (Å²) in [5.41, 5.74) is 8.08. The highest BCUT2D eigenvalue weighted by molar-refractivity contribution is 6.14. The Bertz CT molecular complexity index is 450. The second-order valence-corrected chi connectivity index (χ2v) is 4.55. The van der Waals surface area contributed by atoms with Gasteiger partial charge in [0.25, 0.3) is 0 Å². The minimum atomic E-state index is -0.349. The molecule has 5 heteroatoms. The number of rotatable bonds is 4. The number of aryl methyl sites for hydroxylation is 2. The fourth-order valence-electron chi connectivity index (χ4n) is 1.94. The van der Waals surface area contributed by atoms with Gasteiger partial charge < -0.3 is 11.1 Å². The van der Waals surface area contributed by atoms with Crippen LogP contribution in [0.3, 0.4) is 0 Å². The third kappa shape index (κ3) is 3.71. The number of hydrogen-bond acceptors (Lipinski definition) is 2. The Morgan fingerprint density at radius 1 is 1.37 bits per heavy atom. The summed E-state index contributed by atoms with van der Waals surface area (Å²) in [5, 5.41) is 10.4. The number of nitrogens with two attached hydrogens (primary N) is 1. The standard InChI is InChI=1S/C14H22N4O/c1-4-5-9-17-14(19)18(13(15)16)12-10(2)7-6-8-11(12)3/h6-8H,4-5,9H2,1-3H3,(H3,15,16)(H,17,19). The molecule has 0 saturated heterocycles. The molecule has 0 saturated carbocycles. The third-order valence-corrected chi connectivity index (χ3v) is 2.91. The maximum Gasteiger partial charge on any atom is 0.328 e. The number of para-hydroxylation sites is 1. The zero-order valence-electron chi connectivity index (χ0n) is 11.8. The number of benzene rings is 1. The number of nitrogens with one attached hydrogen (secondary N) is 2. The van der Waals surface area contributed by atoms with Gasteiger partial charge in [0, 0.05) is 6.54 Å². The summed E-state index contributed by atoms with van der Waals surface area (Å²) in [7, 11) is 0. The van der Waals surface area contributed by atoms with Crippen LogP contribution in [0.4, 0.5) is 10.5 Å². The highest BCUT2D eigenvalue weighted by Gasteiger charge is 2.21. The van der Waals surface area contributed by atoms with E-state index < -0.39 is 0 Å². The van der Waals surface area contributed by atoms with Gasteiger partial charge in [0.15, 0.2) is 0 Å². The van der Waals surface area contributed by atoms with Crippen molar-refractivity contribution in [1.29, 1.82) is 5.41 Å². The second-order valence-electron chi connectivity index (χ2n) is 4.55. The van der Waals surface area contributed by atoms with E-state index in [-0.39, 0.29) is 12.0 Å². The van der Waals surface area contributed by atoms with E-state index in [0.717, 1.165) is 24.0 Å². The minimum Gasteiger partial charge on any atom is -0.369 e. The first-order valence-corrected chi connectivity index (χ1v) is 6.47. The molecule has 0 aromatic heterocycles. The molecule has 0 aliphatic carbocycles. The van der Waals surface area contributed by atoms with Crippen LogP contribution in [0.15, 0.2) is 18.2 Å². The number of anilines is 1. The zero-order chi connectivity index (χ0) is 14.4. The zero-order valence-corrected chi connectivity index (χ0v) is 11.8. The van der Waals surface area contributed by atoms with Crippen molar-refractivity contribution in [3.05, 3.63) is 29.3 Å². The van der Waals surface area contributed by atoms with Gasteiger partial charge in [0.05, 0.1) is 5.69 Å². The maximum absolute atomic E-state index is 12.2. The normalized spacial score (nSPS) is 10.1. The Hall–Kier alpha value is -2.04. The quantitative estimate of drug-likeness (QED) is 0.442. The van der Waals surface area contributed by atoms with Gasteiger partial charge in [-0.15, -0.1) is 0 Å². The molecule has 4 N–H and O–H groups in total. The van der Waals surface area contributed by atoms with Crippen LogP contribution in [-0.4, -0.2) is 18.5 Å². The molecule has 0 aliphatic rings. The van der Waals surface area contributed by atoms with Crippen molar-refractivity contribution in [2.75, 3.05) is 11.4 Å². The van der Waals surface area contributed by atoms with Gasteiger partial charge in [-0.3, -0.25) is 5.41 Å². The topological polar surface area (TPSA) is 82.2 Å². The molecule has 0 unspecified atom stereocenters. The third-order valence-electron chi connectivity index (χ3n) is 2.91. The number of carbonyl (C=O) groups excluding carboxylic acids is 1. The molecule has 0 spiro atoms. The summed E-state index contributed by atoms with van der Waals surface area (Å²) in [6.07, 6.45) is 1.91. The molecule has 0 radical (unpaired) electrons. The van der Waals surface area contributed by atoms with E-state index in [9.17, 15) is 4.79 Å². The van der Waals surface area contributed by atoms with Crippen LogP contribution in [0.5, 0.6) is 0 Å². The number of amides is 2. The van der Waals surface area contributed by atoms with Crippen LogP contribution >= 0.6 is 0 Å². The van der Waals surface area contributed by atoms with Gasteiger partial charge in [-0.25, -0.2) is 9.69 Å². The van der Waals surface area contributed by atoms with Crippen molar-refractivity contribution < 1.29 is 4.79 Å². The van der Waals surface area contributed by atoms with Crippen LogP contribution in [0.2, 0.25) is 0 Å². The van der Waals surface area contributed by atoms with Crippen molar-refractivity contribution in [2.24, 2.45) is 5.73 Å². The predicted molar refractivity (Wildman–Crippen MR) is 78.6 cm³/mol. The maximum atomic E-state index is 12.2. The Labute approximate surface area is 114 Å². The van der Waals surface area contributed by atoms with Crippen LogP contribution in [0.1, 0.15) is 30.9 Å². The van der Waals surface area contributed by atoms with E-state index in [1.165, 1.54) is 4.90 Å². The van der Waals surface area contributed by atoms with Crippen LogP contribution < -0.4 is 16.0 Å². The molecule has 1 aromatic carbocycles. The van der Waals surface area contributed by atoms with E-state index in [2.05, 4.69) is 12.2 Å². The molecule has 0 bridgehead atoms. The summed E-state index contributed by atoms with van der Waals surface area (Å²) in [6, 6.07) is 5.37. The van der Waals surface area contributed by atoms with Gasteiger partial charge in [-0.2, -0.15) is 0 Å². The number of unbranched alkanes of at least 4 members (excludes halogenated alkanes) is 1. The van der Waals surface area contributed by atoms with Crippen molar-refractivity contribution in [1.82, 2.24) is 5.32 Å². The number of nitrogens with zero attached hydrogens (tertiary/aromatic N) is 1. The van der Waals surface area contributed by atoms with Crippen molar-refractivity contribution in [3.63, 3.8) is 0 Å².